The number of hydrogen-bond donors (Lipinski definition) is 3. The van der Waals surface area contributed by atoms with E-state index in [1.54, 1.807) is 13.0 Å². The maximum absolute atomic E-state index is 14.1. The van der Waals surface area contributed by atoms with Gasteiger partial charge < -0.3 is 25.1 Å². The van der Waals surface area contributed by atoms with E-state index < -0.39 is 17.8 Å². The number of nitrogens with one attached hydrogen (secondary N) is 3. The Kier molecular flexibility index (Phi) is 5.67. The van der Waals surface area contributed by atoms with E-state index in [-0.39, 0.29) is 39.7 Å². The molecule has 0 radical (unpaired) electrons. The summed E-state index contributed by atoms with van der Waals surface area (Å²) in [5, 5.41) is 5.52. The van der Waals surface area contributed by atoms with Gasteiger partial charge >= 0.3 is 0 Å². The number of benzene rings is 1. The van der Waals surface area contributed by atoms with Gasteiger partial charge in [-0.05, 0) is 19.1 Å². The minimum Gasteiger partial charge on any atom is -0.483 e. The van der Waals surface area contributed by atoms with E-state index in [2.05, 4.69) is 15.6 Å². The highest BCUT2D eigenvalue weighted by Crippen LogP contribution is 2.29. The average Bonchev–Trinajstić information content (AvgIpc) is 3.01. The topological polar surface area (TPSA) is 92.5 Å². The van der Waals surface area contributed by atoms with Gasteiger partial charge in [-0.25, -0.2) is 4.39 Å². The molecule has 0 bridgehead atoms. The summed E-state index contributed by atoms with van der Waals surface area (Å²) >= 11 is 5.77. The van der Waals surface area contributed by atoms with Crippen LogP contribution in [0.4, 0.5) is 4.39 Å². The lowest BCUT2D eigenvalue weighted by Gasteiger charge is -2.26. The zero-order valence-corrected chi connectivity index (χ0v) is 15.5. The van der Waals surface area contributed by atoms with E-state index in [0.29, 0.717) is 13.2 Å². The predicted octanol–water partition coefficient (Wildman–Crippen LogP) is 2.44. The van der Waals surface area contributed by atoms with Crippen LogP contribution in [-0.2, 0) is 4.74 Å². The molecule has 1 aliphatic heterocycles. The summed E-state index contributed by atoms with van der Waals surface area (Å²) in [6, 6.07) is 5.61. The van der Waals surface area contributed by atoms with Gasteiger partial charge in [-0.2, -0.15) is 0 Å². The highest BCUT2D eigenvalue weighted by molar-refractivity contribution is 6.30. The third-order valence-electron chi connectivity index (χ3n) is 4.16. The molecule has 3 N–H and O–H groups in total. The van der Waals surface area contributed by atoms with Crippen LogP contribution in [0.5, 0.6) is 5.75 Å². The first-order valence-electron chi connectivity index (χ1n) is 8.34. The molecule has 144 valence electrons. The van der Waals surface area contributed by atoms with Gasteiger partial charge in [0.25, 0.3) is 11.8 Å². The first kappa shape index (κ1) is 19.2. The maximum Gasteiger partial charge on any atom is 0.271 e. The van der Waals surface area contributed by atoms with E-state index in [9.17, 15) is 14.0 Å². The van der Waals surface area contributed by atoms with Crippen molar-refractivity contribution in [3.63, 3.8) is 0 Å². The zero-order valence-electron chi connectivity index (χ0n) is 14.8. The Balaban J connectivity index is 1.83. The third kappa shape index (κ3) is 4.23. The van der Waals surface area contributed by atoms with Gasteiger partial charge in [0.05, 0.1) is 19.3 Å². The Morgan fingerprint density at radius 2 is 2.07 bits per heavy atom. The molecule has 0 spiro atoms. The van der Waals surface area contributed by atoms with Gasteiger partial charge in [0, 0.05) is 23.7 Å². The van der Waals surface area contributed by atoms with Crippen LogP contribution in [0.3, 0.4) is 0 Å². The fraction of sp³-hybridized carbons (Fsp3) is 0.333. The maximum atomic E-state index is 14.1. The van der Waals surface area contributed by atoms with E-state index in [0.717, 1.165) is 0 Å². The van der Waals surface area contributed by atoms with Crippen LogP contribution in [0.25, 0.3) is 0 Å². The van der Waals surface area contributed by atoms with Gasteiger partial charge in [-0.1, -0.05) is 17.7 Å². The SMILES string of the molecule is CNC(=O)c1[nH]c(C(=O)NC2COC2)cc1O[C@@H](C)c1ccc(Cl)cc1F. The molecule has 2 heterocycles. The quantitative estimate of drug-likeness (QED) is 0.700. The normalized spacial score (nSPS) is 15.0. The lowest BCUT2D eigenvalue weighted by molar-refractivity contribution is -0.00354. The van der Waals surface area contributed by atoms with Crippen molar-refractivity contribution in [1.29, 1.82) is 0 Å². The number of ether oxygens (including phenoxy) is 2. The number of halogens is 2. The van der Waals surface area contributed by atoms with Crippen molar-refractivity contribution in [3.8, 4) is 5.75 Å². The molecule has 1 aromatic carbocycles. The van der Waals surface area contributed by atoms with Crippen molar-refractivity contribution in [1.82, 2.24) is 15.6 Å². The van der Waals surface area contributed by atoms with Crippen molar-refractivity contribution in [3.05, 3.63) is 52.1 Å². The Bertz CT molecular complexity index is 866. The Hall–Kier alpha value is -2.58. The minimum atomic E-state index is -0.711. The van der Waals surface area contributed by atoms with E-state index in [4.69, 9.17) is 21.1 Å². The van der Waals surface area contributed by atoms with Gasteiger partial charge in [-0.3, -0.25) is 9.59 Å². The highest BCUT2D eigenvalue weighted by atomic mass is 35.5. The fourth-order valence-corrected chi connectivity index (χ4v) is 2.77. The molecule has 1 aromatic heterocycles. The van der Waals surface area contributed by atoms with Crippen LogP contribution in [-0.4, -0.2) is 43.1 Å². The third-order valence-corrected chi connectivity index (χ3v) is 4.39. The molecule has 0 aliphatic carbocycles. The standard InChI is InChI=1S/C18H19ClFN3O4/c1-9(12-4-3-10(19)5-13(12)20)27-15-6-14(23-16(15)18(25)21-2)17(24)22-11-7-26-8-11/h3-6,9,11,23H,7-8H2,1-2H3,(H,21,25)(H,22,24)/t9-/m0/s1. The molecule has 1 saturated heterocycles. The van der Waals surface area contributed by atoms with Crippen LogP contribution in [0.15, 0.2) is 24.3 Å². The highest BCUT2D eigenvalue weighted by Gasteiger charge is 2.25. The van der Waals surface area contributed by atoms with Crippen LogP contribution >= 0.6 is 11.6 Å². The number of carbonyl (C=O) groups is 2. The first-order chi connectivity index (χ1) is 12.9. The molecule has 7 nitrogen and oxygen atoms in total. The van der Waals surface area contributed by atoms with Crippen molar-refractivity contribution in [2.45, 2.75) is 19.1 Å². The summed E-state index contributed by atoms with van der Waals surface area (Å²) in [6.07, 6.45) is -0.711. The van der Waals surface area contributed by atoms with Crippen LogP contribution in [0.2, 0.25) is 5.02 Å². The molecule has 9 heteroatoms. The van der Waals surface area contributed by atoms with Gasteiger partial charge in [0.15, 0.2) is 5.75 Å². The number of aromatic nitrogens is 1. The summed E-state index contributed by atoms with van der Waals surface area (Å²) in [7, 11) is 1.46. The smallest absolute Gasteiger partial charge is 0.271 e. The van der Waals surface area contributed by atoms with Crippen molar-refractivity contribution < 1.29 is 23.5 Å². The van der Waals surface area contributed by atoms with Crippen molar-refractivity contribution >= 4 is 23.4 Å². The predicted molar refractivity (Wildman–Crippen MR) is 96.7 cm³/mol. The monoisotopic (exact) mass is 395 g/mol. The number of hydrogen-bond acceptors (Lipinski definition) is 4. The number of carbonyl (C=O) groups excluding carboxylic acids is 2. The Labute approximate surface area is 160 Å². The molecule has 0 unspecified atom stereocenters. The molecule has 27 heavy (non-hydrogen) atoms. The number of rotatable bonds is 6. The lowest BCUT2D eigenvalue weighted by Crippen LogP contribution is -2.48. The largest absolute Gasteiger partial charge is 0.483 e. The summed E-state index contributed by atoms with van der Waals surface area (Å²) in [5.74, 6) is -1.21. The molecular formula is C18H19ClFN3O4. The van der Waals surface area contributed by atoms with Crippen LogP contribution in [0, 0.1) is 5.82 Å². The summed E-state index contributed by atoms with van der Waals surface area (Å²) < 4.78 is 24.9. The average molecular weight is 396 g/mol. The van der Waals surface area contributed by atoms with Crippen LogP contribution < -0.4 is 15.4 Å². The van der Waals surface area contributed by atoms with Crippen molar-refractivity contribution in [2.24, 2.45) is 0 Å². The zero-order chi connectivity index (χ0) is 19.6. The molecular weight excluding hydrogens is 377 g/mol. The molecule has 1 atom stereocenters. The Morgan fingerprint density at radius 1 is 1.33 bits per heavy atom. The van der Waals surface area contributed by atoms with Crippen LogP contribution in [0.1, 0.15) is 39.6 Å². The number of amides is 2. The molecule has 2 amide bonds. The molecule has 0 saturated carbocycles. The summed E-state index contributed by atoms with van der Waals surface area (Å²) in [5.41, 5.74) is 0.522. The van der Waals surface area contributed by atoms with E-state index >= 15 is 0 Å². The van der Waals surface area contributed by atoms with Gasteiger partial charge in [-0.15, -0.1) is 0 Å². The number of aromatic amines is 1. The molecule has 1 aliphatic rings. The molecule has 3 rings (SSSR count). The fourth-order valence-electron chi connectivity index (χ4n) is 2.61. The second-order valence-corrected chi connectivity index (χ2v) is 6.57. The summed E-state index contributed by atoms with van der Waals surface area (Å²) in [4.78, 5) is 27.2. The van der Waals surface area contributed by atoms with Gasteiger partial charge in [0.1, 0.15) is 23.3 Å². The lowest BCUT2D eigenvalue weighted by atomic mass is 10.1. The second-order valence-electron chi connectivity index (χ2n) is 6.14. The Morgan fingerprint density at radius 3 is 2.67 bits per heavy atom. The summed E-state index contributed by atoms with van der Waals surface area (Å²) in [6.45, 7) is 2.54. The minimum absolute atomic E-state index is 0.0595. The van der Waals surface area contributed by atoms with Gasteiger partial charge in [0.2, 0.25) is 0 Å². The van der Waals surface area contributed by atoms with Crippen molar-refractivity contribution in [2.75, 3.05) is 20.3 Å². The molecule has 2 aromatic rings. The van der Waals surface area contributed by atoms with E-state index in [1.165, 1.54) is 25.2 Å². The molecule has 1 fully saturated rings. The number of H-pyrrole nitrogens is 1. The van der Waals surface area contributed by atoms with E-state index in [1.807, 2.05) is 0 Å². The second kappa shape index (κ2) is 7.98. The first-order valence-corrected chi connectivity index (χ1v) is 8.72.